The van der Waals surface area contributed by atoms with E-state index in [1.807, 2.05) is 0 Å². The van der Waals surface area contributed by atoms with Crippen molar-refractivity contribution in [2.24, 2.45) is 0 Å². The molecule has 0 unspecified atom stereocenters. The molecule has 0 saturated heterocycles. The van der Waals surface area contributed by atoms with Gasteiger partial charge in [-0.15, -0.1) is 5.10 Å². The van der Waals surface area contributed by atoms with Gasteiger partial charge in [-0.1, -0.05) is 5.10 Å². The van der Waals surface area contributed by atoms with Gasteiger partial charge in [-0.25, -0.2) is 0 Å². The Hall–Kier alpha value is -1.74. The lowest BCUT2D eigenvalue weighted by molar-refractivity contribution is -0.385. The van der Waals surface area contributed by atoms with E-state index in [9.17, 15) is 10.1 Å². The summed E-state index contributed by atoms with van der Waals surface area (Å²) in [5, 5.41) is 18.5. The van der Waals surface area contributed by atoms with E-state index in [1.54, 1.807) is 6.07 Å². The van der Waals surface area contributed by atoms with E-state index in [0.29, 0.717) is 9.67 Å². The van der Waals surface area contributed by atoms with Crippen LogP contribution in [-0.4, -0.2) is 22.2 Å². The van der Waals surface area contributed by atoms with E-state index in [2.05, 4.69) is 26.1 Å². The van der Waals surface area contributed by atoms with Gasteiger partial charge in [-0.05, 0) is 39.4 Å². The number of ether oxygens (including phenoxy) is 2. The van der Waals surface area contributed by atoms with Crippen LogP contribution in [0.1, 0.15) is 0 Å². The molecule has 18 heavy (non-hydrogen) atoms. The second-order valence-electron chi connectivity index (χ2n) is 3.01. The maximum atomic E-state index is 10.9. The van der Waals surface area contributed by atoms with E-state index in [4.69, 9.17) is 9.47 Å². The van der Waals surface area contributed by atoms with Gasteiger partial charge < -0.3 is 9.47 Å². The van der Waals surface area contributed by atoms with E-state index in [-0.39, 0.29) is 16.6 Å². The molecule has 0 bridgehead atoms. The highest BCUT2D eigenvalue weighted by atomic mass is 79.9. The maximum Gasteiger partial charge on any atom is 0.315 e. The Kier molecular flexibility index (Phi) is 3.72. The minimum atomic E-state index is -0.548. The first kappa shape index (κ1) is 12.7. The lowest BCUT2D eigenvalue weighted by Crippen LogP contribution is -1.94. The van der Waals surface area contributed by atoms with Gasteiger partial charge in [-0.2, -0.15) is 0 Å². The van der Waals surface area contributed by atoms with Gasteiger partial charge in [0.05, 0.1) is 18.1 Å². The lowest BCUT2D eigenvalue weighted by atomic mass is 10.3. The Labute approximate surface area is 114 Å². The molecule has 0 spiro atoms. The molecule has 0 aliphatic heterocycles. The molecule has 0 atom stereocenters. The van der Waals surface area contributed by atoms with Crippen molar-refractivity contribution in [2.45, 2.75) is 0 Å². The molecular formula is C9H6BrN3O4S. The summed E-state index contributed by atoms with van der Waals surface area (Å²) < 4.78 is 10.8. The zero-order chi connectivity index (χ0) is 13.1. The molecule has 7 nitrogen and oxygen atoms in total. The Morgan fingerprint density at radius 3 is 2.78 bits per heavy atom. The molecule has 9 heteroatoms. The summed E-state index contributed by atoms with van der Waals surface area (Å²) in [4.78, 5) is 10.4. The Balaban J connectivity index is 2.34. The second-order valence-corrected chi connectivity index (χ2v) is 5.23. The second kappa shape index (κ2) is 5.27. The quantitative estimate of drug-likeness (QED) is 0.632. The summed E-state index contributed by atoms with van der Waals surface area (Å²) >= 11 is 4.26. The molecule has 0 amide bonds. The van der Waals surface area contributed by atoms with Gasteiger partial charge >= 0.3 is 10.9 Å². The average Bonchev–Trinajstić information content (AvgIpc) is 2.75. The van der Waals surface area contributed by atoms with Crippen LogP contribution >= 0.6 is 27.3 Å². The highest BCUT2D eigenvalue weighted by Gasteiger charge is 2.18. The van der Waals surface area contributed by atoms with Crippen molar-refractivity contribution >= 4 is 33.0 Å². The van der Waals surface area contributed by atoms with Crippen molar-refractivity contribution in [1.29, 1.82) is 0 Å². The molecule has 0 radical (unpaired) electrons. The molecule has 0 N–H and O–H groups in total. The smallest absolute Gasteiger partial charge is 0.315 e. The van der Waals surface area contributed by atoms with Crippen molar-refractivity contribution in [3.63, 3.8) is 0 Å². The summed E-state index contributed by atoms with van der Waals surface area (Å²) in [5.41, 5.74) is -0.194. The predicted molar refractivity (Wildman–Crippen MR) is 67.3 cm³/mol. The Morgan fingerprint density at radius 1 is 1.44 bits per heavy atom. The van der Waals surface area contributed by atoms with Crippen LogP contribution in [0.15, 0.2) is 22.1 Å². The molecule has 94 valence electrons. The van der Waals surface area contributed by atoms with Crippen LogP contribution in [0.2, 0.25) is 0 Å². The number of nitrogens with zero attached hydrogens (tertiary/aromatic N) is 3. The predicted octanol–water partition coefficient (Wildman–Crippen LogP) is 3.01. The fourth-order valence-corrected chi connectivity index (χ4v) is 2.12. The molecule has 1 heterocycles. The van der Waals surface area contributed by atoms with E-state index >= 15 is 0 Å². The molecule has 0 aliphatic rings. The average molecular weight is 332 g/mol. The molecule has 0 saturated carbocycles. The number of nitro benzene ring substituents is 1. The third kappa shape index (κ3) is 2.74. The highest BCUT2D eigenvalue weighted by Crippen LogP contribution is 2.35. The van der Waals surface area contributed by atoms with Crippen molar-refractivity contribution in [2.75, 3.05) is 7.11 Å². The number of benzene rings is 1. The number of methoxy groups -OCH3 is 1. The van der Waals surface area contributed by atoms with Crippen molar-refractivity contribution in [3.05, 3.63) is 32.2 Å². The van der Waals surface area contributed by atoms with Crippen molar-refractivity contribution < 1.29 is 14.4 Å². The monoisotopic (exact) mass is 331 g/mol. The fourth-order valence-electron chi connectivity index (χ4n) is 1.18. The van der Waals surface area contributed by atoms with Crippen LogP contribution in [-0.2, 0) is 0 Å². The molecule has 2 rings (SSSR count). The van der Waals surface area contributed by atoms with Crippen LogP contribution in [0, 0.1) is 10.1 Å². The fraction of sp³-hybridized carbons (Fsp3) is 0.111. The summed E-state index contributed by atoms with van der Waals surface area (Å²) in [6, 6.07) is 4.30. The highest BCUT2D eigenvalue weighted by molar-refractivity contribution is 9.11. The van der Waals surface area contributed by atoms with E-state index < -0.39 is 4.92 Å². The summed E-state index contributed by atoms with van der Waals surface area (Å²) in [6.45, 7) is 0. The van der Waals surface area contributed by atoms with Crippen LogP contribution in [0.25, 0.3) is 0 Å². The number of halogens is 1. The molecule has 1 aromatic carbocycles. The molecule has 2 aromatic rings. The zero-order valence-corrected chi connectivity index (χ0v) is 11.4. The van der Waals surface area contributed by atoms with Crippen LogP contribution in [0.5, 0.6) is 16.7 Å². The standard InChI is InChI=1S/C9H6BrN3O4S/c1-16-5-2-3-7(6(4-5)13(14)15)17-9-12-11-8(10)18-9/h2-4H,1H3. The minimum Gasteiger partial charge on any atom is -0.496 e. The Morgan fingerprint density at radius 2 is 2.22 bits per heavy atom. The summed E-state index contributed by atoms with van der Waals surface area (Å²) in [5.74, 6) is 0.469. The number of rotatable bonds is 4. The van der Waals surface area contributed by atoms with Crippen LogP contribution < -0.4 is 9.47 Å². The van der Waals surface area contributed by atoms with Gasteiger partial charge in [0.25, 0.3) is 0 Å². The lowest BCUT2D eigenvalue weighted by Gasteiger charge is -2.04. The van der Waals surface area contributed by atoms with Gasteiger partial charge in [0.1, 0.15) is 5.75 Å². The first-order valence-electron chi connectivity index (χ1n) is 4.59. The van der Waals surface area contributed by atoms with Crippen molar-refractivity contribution in [3.8, 4) is 16.7 Å². The van der Waals surface area contributed by atoms with Crippen LogP contribution in [0.3, 0.4) is 0 Å². The van der Waals surface area contributed by atoms with Crippen molar-refractivity contribution in [1.82, 2.24) is 10.2 Å². The summed E-state index contributed by atoms with van der Waals surface area (Å²) in [7, 11) is 1.43. The van der Waals surface area contributed by atoms with Gasteiger partial charge in [0.15, 0.2) is 3.92 Å². The Bertz CT molecular complexity index is 589. The first-order valence-corrected chi connectivity index (χ1v) is 6.20. The van der Waals surface area contributed by atoms with E-state index in [0.717, 1.165) is 11.3 Å². The van der Waals surface area contributed by atoms with Gasteiger partial charge in [0, 0.05) is 0 Å². The summed E-state index contributed by atoms with van der Waals surface area (Å²) in [6.07, 6.45) is 0. The van der Waals surface area contributed by atoms with E-state index in [1.165, 1.54) is 19.2 Å². The maximum absolute atomic E-state index is 10.9. The number of hydrogen-bond donors (Lipinski definition) is 0. The SMILES string of the molecule is COc1ccc(Oc2nnc(Br)s2)c([N+](=O)[O-])c1. The number of nitro groups is 1. The first-order chi connectivity index (χ1) is 8.60. The zero-order valence-electron chi connectivity index (χ0n) is 8.99. The normalized spacial score (nSPS) is 10.1. The van der Waals surface area contributed by atoms with Gasteiger partial charge in [-0.3, -0.25) is 10.1 Å². The number of hydrogen-bond acceptors (Lipinski definition) is 7. The largest absolute Gasteiger partial charge is 0.496 e. The molecule has 0 aliphatic carbocycles. The van der Waals surface area contributed by atoms with Crippen LogP contribution in [0.4, 0.5) is 5.69 Å². The van der Waals surface area contributed by atoms with Gasteiger partial charge in [0.2, 0.25) is 5.75 Å². The number of aromatic nitrogens is 2. The third-order valence-electron chi connectivity index (χ3n) is 1.94. The molecule has 0 fully saturated rings. The molecule has 1 aromatic heterocycles. The minimum absolute atomic E-state index is 0.0875. The topological polar surface area (TPSA) is 87.4 Å². The third-order valence-corrected chi connectivity index (χ3v) is 3.18. The molecular weight excluding hydrogens is 326 g/mol.